The van der Waals surface area contributed by atoms with Crippen LogP contribution in [0.3, 0.4) is 0 Å². The SMILES string of the molecule is CCNCC(CC)N1CCC(CN(C)C)CC1. The minimum atomic E-state index is 0.746. The standard InChI is InChI=1S/C14H31N3/c1-5-14(11-15-6-2)17-9-7-13(8-10-17)12-16(3)4/h13-15H,5-12H2,1-4H3. The first-order valence-corrected chi connectivity index (χ1v) is 7.26. The molecule has 1 aliphatic rings. The van der Waals surface area contributed by atoms with Crippen LogP contribution in [-0.2, 0) is 0 Å². The second kappa shape index (κ2) is 8.06. The molecule has 1 saturated heterocycles. The van der Waals surface area contributed by atoms with Gasteiger partial charge in [-0.3, -0.25) is 4.90 Å². The molecular formula is C14H31N3. The molecule has 3 heteroatoms. The summed E-state index contributed by atoms with van der Waals surface area (Å²) in [6.45, 7) is 10.6. The Morgan fingerprint density at radius 2 is 1.88 bits per heavy atom. The van der Waals surface area contributed by atoms with Gasteiger partial charge in [0.05, 0.1) is 0 Å². The Morgan fingerprint density at radius 3 is 2.35 bits per heavy atom. The Bertz CT molecular complexity index is 186. The largest absolute Gasteiger partial charge is 0.315 e. The van der Waals surface area contributed by atoms with Gasteiger partial charge in [-0.1, -0.05) is 13.8 Å². The van der Waals surface area contributed by atoms with Crippen LogP contribution in [0.1, 0.15) is 33.1 Å². The van der Waals surface area contributed by atoms with E-state index in [4.69, 9.17) is 0 Å². The predicted octanol–water partition coefficient (Wildman–Crippen LogP) is 1.65. The highest BCUT2D eigenvalue weighted by Crippen LogP contribution is 2.20. The van der Waals surface area contributed by atoms with Crippen molar-refractivity contribution in [1.29, 1.82) is 0 Å². The maximum Gasteiger partial charge on any atom is 0.0218 e. The normalized spacial score (nSPS) is 21.0. The molecule has 102 valence electrons. The number of hydrogen-bond donors (Lipinski definition) is 1. The molecular weight excluding hydrogens is 210 g/mol. The Kier molecular flexibility index (Phi) is 7.09. The topological polar surface area (TPSA) is 18.5 Å². The number of hydrogen-bond acceptors (Lipinski definition) is 3. The van der Waals surface area contributed by atoms with Crippen molar-refractivity contribution in [2.45, 2.75) is 39.2 Å². The molecule has 1 fully saturated rings. The van der Waals surface area contributed by atoms with Gasteiger partial charge in [0.1, 0.15) is 0 Å². The summed E-state index contributed by atoms with van der Waals surface area (Å²) >= 11 is 0. The van der Waals surface area contributed by atoms with E-state index in [1.807, 2.05) is 0 Å². The van der Waals surface area contributed by atoms with E-state index in [1.165, 1.54) is 38.9 Å². The van der Waals surface area contributed by atoms with Crippen LogP contribution in [0.2, 0.25) is 0 Å². The Balaban J connectivity index is 2.28. The van der Waals surface area contributed by atoms with Gasteiger partial charge in [0, 0.05) is 19.1 Å². The van der Waals surface area contributed by atoms with Gasteiger partial charge in [-0.2, -0.15) is 0 Å². The fourth-order valence-electron chi connectivity index (χ4n) is 2.86. The van der Waals surface area contributed by atoms with Gasteiger partial charge < -0.3 is 10.2 Å². The molecule has 1 aliphatic heterocycles. The van der Waals surface area contributed by atoms with E-state index < -0.39 is 0 Å². The molecule has 0 bridgehead atoms. The number of likely N-dealkylation sites (N-methyl/N-ethyl adjacent to an activating group) is 1. The van der Waals surface area contributed by atoms with E-state index in [2.05, 4.69) is 43.1 Å². The van der Waals surface area contributed by atoms with Gasteiger partial charge in [0.2, 0.25) is 0 Å². The third kappa shape index (κ3) is 5.36. The molecule has 0 spiro atoms. The fourth-order valence-corrected chi connectivity index (χ4v) is 2.86. The average molecular weight is 241 g/mol. The first-order chi connectivity index (χ1) is 8.17. The zero-order valence-corrected chi connectivity index (χ0v) is 12.2. The quantitative estimate of drug-likeness (QED) is 0.731. The molecule has 0 saturated carbocycles. The van der Waals surface area contributed by atoms with Gasteiger partial charge in [-0.25, -0.2) is 0 Å². The van der Waals surface area contributed by atoms with Crippen LogP contribution in [0.5, 0.6) is 0 Å². The Labute approximate surface area is 108 Å². The van der Waals surface area contributed by atoms with Crippen molar-refractivity contribution in [3.8, 4) is 0 Å². The molecule has 0 amide bonds. The van der Waals surface area contributed by atoms with Crippen LogP contribution in [0.25, 0.3) is 0 Å². The van der Waals surface area contributed by atoms with E-state index >= 15 is 0 Å². The molecule has 1 atom stereocenters. The van der Waals surface area contributed by atoms with Crippen molar-refractivity contribution in [3.05, 3.63) is 0 Å². The molecule has 0 radical (unpaired) electrons. The van der Waals surface area contributed by atoms with Crippen LogP contribution >= 0.6 is 0 Å². The smallest absolute Gasteiger partial charge is 0.0218 e. The summed E-state index contributed by atoms with van der Waals surface area (Å²) < 4.78 is 0. The van der Waals surface area contributed by atoms with Crippen molar-refractivity contribution in [2.75, 3.05) is 46.8 Å². The lowest BCUT2D eigenvalue weighted by atomic mass is 9.95. The van der Waals surface area contributed by atoms with E-state index in [0.717, 1.165) is 25.0 Å². The van der Waals surface area contributed by atoms with E-state index in [-0.39, 0.29) is 0 Å². The third-order valence-corrected chi connectivity index (χ3v) is 3.89. The number of nitrogens with one attached hydrogen (secondary N) is 1. The van der Waals surface area contributed by atoms with E-state index in [1.54, 1.807) is 0 Å². The summed E-state index contributed by atoms with van der Waals surface area (Å²) in [5, 5.41) is 3.49. The number of nitrogens with zero attached hydrogens (tertiary/aromatic N) is 2. The minimum Gasteiger partial charge on any atom is -0.315 e. The summed E-state index contributed by atoms with van der Waals surface area (Å²) in [6, 6.07) is 0.746. The molecule has 0 aromatic rings. The lowest BCUT2D eigenvalue weighted by molar-refractivity contribution is 0.116. The van der Waals surface area contributed by atoms with Gasteiger partial charge in [-0.15, -0.1) is 0 Å². The summed E-state index contributed by atoms with van der Waals surface area (Å²) in [5.41, 5.74) is 0. The molecule has 3 nitrogen and oxygen atoms in total. The number of rotatable bonds is 7. The van der Waals surface area contributed by atoms with Crippen molar-refractivity contribution >= 4 is 0 Å². The number of likely N-dealkylation sites (tertiary alicyclic amines) is 1. The molecule has 0 aromatic carbocycles. The van der Waals surface area contributed by atoms with Crippen molar-refractivity contribution in [3.63, 3.8) is 0 Å². The molecule has 1 heterocycles. The van der Waals surface area contributed by atoms with Gasteiger partial charge in [-0.05, 0) is 58.9 Å². The first-order valence-electron chi connectivity index (χ1n) is 7.26. The molecule has 17 heavy (non-hydrogen) atoms. The monoisotopic (exact) mass is 241 g/mol. The van der Waals surface area contributed by atoms with Gasteiger partial charge in [0.25, 0.3) is 0 Å². The summed E-state index contributed by atoms with van der Waals surface area (Å²) in [4.78, 5) is 5.02. The summed E-state index contributed by atoms with van der Waals surface area (Å²) in [7, 11) is 4.37. The predicted molar refractivity (Wildman–Crippen MR) is 75.5 cm³/mol. The van der Waals surface area contributed by atoms with Crippen LogP contribution in [0.15, 0.2) is 0 Å². The highest BCUT2D eigenvalue weighted by molar-refractivity contribution is 4.79. The Morgan fingerprint density at radius 1 is 1.24 bits per heavy atom. The summed E-state index contributed by atoms with van der Waals surface area (Å²) in [6.07, 6.45) is 4.02. The maximum atomic E-state index is 3.49. The van der Waals surface area contributed by atoms with Gasteiger partial charge >= 0.3 is 0 Å². The molecule has 0 aliphatic carbocycles. The van der Waals surface area contributed by atoms with Crippen molar-refractivity contribution in [1.82, 2.24) is 15.1 Å². The average Bonchev–Trinajstić information content (AvgIpc) is 2.31. The molecule has 1 unspecified atom stereocenters. The maximum absolute atomic E-state index is 3.49. The highest BCUT2D eigenvalue weighted by Gasteiger charge is 2.23. The van der Waals surface area contributed by atoms with Gasteiger partial charge in [0.15, 0.2) is 0 Å². The van der Waals surface area contributed by atoms with Crippen LogP contribution in [-0.4, -0.2) is 62.7 Å². The molecule has 1 rings (SSSR count). The van der Waals surface area contributed by atoms with Crippen LogP contribution in [0.4, 0.5) is 0 Å². The van der Waals surface area contributed by atoms with Crippen molar-refractivity contribution in [2.24, 2.45) is 5.92 Å². The number of piperidine rings is 1. The summed E-state index contributed by atoms with van der Waals surface area (Å²) in [5.74, 6) is 0.915. The molecule has 1 N–H and O–H groups in total. The van der Waals surface area contributed by atoms with Crippen molar-refractivity contribution < 1.29 is 0 Å². The molecule has 0 aromatic heterocycles. The second-order valence-corrected chi connectivity index (χ2v) is 5.61. The third-order valence-electron chi connectivity index (χ3n) is 3.89. The zero-order valence-electron chi connectivity index (χ0n) is 12.2. The van der Waals surface area contributed by atoms with Crippen LogP contribution < -0.4 is 5.32 Å². The Hall–Kier alpha value is -0.120. The highest BCUT2D eigenvalue weighted by atomic mass is 15.2. The fraction of sp³-hybridized carbons (Fsp3) is 1.00. The van der Waals surface area contributed by atoms with Crippen LogP contribution in [0, 0.1) is 5.92 Å². The lowest BCUT2D eigenvalue weighted by Gasteiger charge is -2.38. The van der Waals surface area contributed by atoms with E-state index in [9.17, 15) is 0 Å². The van der Waals surface area contributed by atoms with E-state index in [0.29, 0.717) is 0 Å². The minimum absolute atomic E-state index is 0.746. The second-order valence-electron chi connectivity index (χ2n) is 5.61. The zero-order chi connectivity index (χ0) is 12.7. The lowest BCUT2D eigenvalue weighted by Crippen LogP contribution is -2.47. The first kappa shape index (κ1) is 14.9.